The van der Waals surface area contributed by atoms with Gasteiger partial charge in [-0.2, -0.15) is 0 Å². The molecular formula is C15H10ClN3NaO6S. The van der Waals surface area contributed by atoms with Crippen molar-refractivity contribution in [2.24, 2.45) is 0 Å². The molecule has 4 N–H and O–H groups in total. The first-order chi connectivity index (χ1) is 12.1. The molecule has 27 heavy (non-hydrogen) atoms. The van der Waals surface area contributed by atoms with Crippen LogP contribution in [0.3, 0.4) is 0 Å². The van der Waals surface area contributed by atoms with Crippen molar-refractivity contribution in [3.8, 4) is 0 Å². The fraction of sp³-hybridized carbons (Fsp3) is 0. The summed E-state index contributed by atoms with van der Waals surface area (Å²) >= 11 is 5.80. The molecule has 0 unspecified atom stereocenters. The van der Waals surface area contributed by atoms with Crippen LogP contribution in [0.15, 0.2) is 50.9 Å². The number of carboxylic acids is 1. The summed E-state index contributed by atoms with van der Waals surface area (Å²) in [5.74, 6) is -1.34. The van der Waals surface area contributed by atoms with Gasteiger partial charge in [0.1, 0.15) is 0 Å². The molecule has 0 saturated carbocycles. The number of nitrogen functional groups attached to an aromatic ring is 1. The number of aromatic carboxylic acids is 1. The van der Waals surface area contributed by atoms with E-state index in [0.717, 1.165) is 18.2 Å². The number of H-pyrrole nitrogens is 1. The van der Waals surface area contributed by atoms with Crippen LogP contribution in [0.5, 0.6) is 0 Å². The van der Waals surface area contributed by atoms with E-state index in [1.54, 1.807) is 0 Å². The summed E-state index contributed by atoms with van der Waals surface area (Å²) < 4.78 is 25.5. The number of nitrogens with one attached hydrogen (secondary N) is 1. The van der Waals surface area contributed by atoms with Crippen LogP contribution in [-0.4, -0.2) is 58.0 Å². The Labute approximate surface area is 178 Å². The van der Waals surface area contributed by atoms with Crippen molar-refractivity contribution in [2.45, 2.75) is 4.90 Å². The van der Waals surface area contributed by atoms with E-state index in [0.29, 0.717) is 0 Å². The Balaban J connectivity index is 0.00000261. The molecule has 0 amide bonds. The predicted octanol–water partition coefficient (Wildman–Crippen LogP) is 0.480. The zero-order valence-electron chi connectivity index (χ0n) is 13.8. The molecule has 0 aliphatic rings. The fourth-order valence-electron chi connectivity index (χ4n) is 2.39. The van der Waals surface area contributed by atoms with Gasteiger partial charge in [-0.3, -0.25) is 4.79 Å². The minimum absolute atomic E-state index is 0. The molecule has 3 aromatic rings. The number of hydrogen-bond acceptors (Lipinski definition) is 6. The summed E-state index contributed by atoms with van der Waals surface area (Å²) in [6.45, 7) is 0. The Kier molecular flexibility index (Phi) is 5.88. The standard InChI is InChI=1S/C15H10ClN3O6S.Na/c16-7-1-3-10-12(5-7)18-15(23)19(13(10)20)26(24,25)8-2-4-9(14(21)22)11(17)6-8;/h1-6H,17H2,(H,18,23)(H,21,22);. The number of nitrogens with two attached hydrogens (primary N) is 1. The fourth-order valence-corrected chi connectivity index (χ4v) is 3.87. The number of aromatic amines is 1. The Morgan fingerprint density at radius 3 is 2.41 bits per heavy atom. The first-order valence-electron chi connectivity index (χ1n) is 6.96. The largest absolute Gasteiger partial charge is 0.478 e. The van der Waals surface area contributed by atoms with E-state index in [2.05, 4.69) is 4.98 Å². The molecule has 1 heterocycles. The molecule has 0 aliphatic carbocycles. The summed E-state index contributed by atoms with van der Waals surface area (Å²) in [4.78, 5) is 37.5. The van der Waals surface area contributed by atoms with Gasteiger partial charge in [-0.15, -0.1) is 3.97 Å². The van der Waals surface area contributed by atoms with Crippen molar-refractivity contribution >= 4 is 73.7 Å². The van der Waals surface area contributed by atoms with Crippen LogP contribution in [0.2, 0.25) is 5.02 Å². The summed E-state index contributed by atoms with van der Waals surface area (Å²) in [6.07, 6.45) is 0. The number of fused-ring (bicyclic) bond motifs is 1. The maximum absolute atomic E-state index is 12.7. The van der Waals surface area contributed by atoms with Crippen molar-refractivity contribution in [3.05, 3.63) is 67.8 Å². The molecule has 0 atom stereocenters. The topological polar surface area (TPSA) is 152 Å². The quantitative estimate of drug-likeness (QED) is 0.413. The smallest absolute Gasteiger partial charge is 0.343 e. The van der Waals surface area contributed by atoms with E-state index in [4.69, 9.17) is 22.4 Å². The van der Waals surface area contributed by atoms with Crippen LogP contribution in [0.4, 0.5) is 5.69 Å². The second-order valence-corrected chi connectivity index (χ2v) is 7.47. The second kappa shape index (κ2) is 7.49. The molecule has 12 heteroatoms. The van der Waals surface area contributed by atoms with E-state index >= 15 is 0 Å². The Morgan fingerprint density at radius 1 is 1.15 bits per heavy atom. The van der Waals surface area contributed by atoms with Crippen molar-refractivity contribution in [1.82, 2.24) is 8.96 Å². The van der Waals surface area contributed by atoms with Gasteiger partial charge in [0, 0.05) is 40.3 Å². The number of rotatable bonds is 3. The minimum Gasteiger partial charge on any atom is -0.478 e. The molecule has 1 radical (unpaired) electrons. The van der Waals surface area contributed by atoms with Gasteiger partial charge >= 0.3 is 11.7 Å². The average Bonchev–Trinajstić information content (AvgIpc) is 2.53. The molecule has 2 aromatic carbocycles. The van der Waals surface area contributed by atoms with Crippen molar-refractivity contribution < 1.29 is 18.3 Å². The third kappa shape index (κ3) is 3.66. The molecule has 135 valence electrons. The number of benzene rings is 2. The van der Waals surface area contributed by atoms with Gasteiger partial charge in [-0.05, 0) is 36.4 Å². The van der Waals surface area contributed by atoms with Gasteiger partial charge in [0.25, 0.3) is 15.6 Å². The maximum atomic E-state index is 12.7. The molecule has 9 nitrogen and oxygen atoms in total. The maximum Gasteiger partial charge on any atom is 0.343 e. The monoisotopic (exact) mass is 418 g/mol. The molecule has 0 fully saturated rings. The van der Waals surface area contributed by atoms with E-state index < -0.39 is 32.1 Å². The molecule has 0 saturated heterocycles. The average molecular weight is 419 g/mol. The van der Waals surface area contributed by atoms with Crippen molar-refractivity contribution in [2.75, 3.05) is 5.73 Å². The Hall–Kier alpha value is -2.11. The number of halogens is 1. The van der Waals surface area contributed by atoms with Crippen LogP contribution in [0.25, 0.3) is 10.9 Å². The Bertz CT molecular complexity index is 1300. The predicted molar refractivity (Wildman–Crippen MR) is 100.0 cm³/mol. The molecule has 1 aromatic heterocycles. The van der Waals surface area contributed by atoms with Crippen LogP contribution in [0, 0.1) is 0 Å². The first-order valence-corrected chi connectivity index (χ1v) is 8.77. The number of carbonyl (C=O) groups is 1. The van der Waals surface area contributed by atoms with Crippen LogP contribution in [0.1, 0.15) is 10.4 Å². The van der Waals surface area contributed by atoms with Gasteiger partial charge in [0.15, 0.2) is 0 Å². The van der Waals surface area contributed by atoms with Crippen LogP contribution in [-0.2, 0) is 10.0 Å². The second-order valence-electron chi connectivity index (χ2n) is 5.25. The zero-order chi connectivity index (χ0) is 19.2. The molecule has 0 aliphatic heterocycles. The van der Waals surface area contributed by atoms with E-state index in [1.807, 2.05) is 0 Å². The molecule has 3 rings (SSSR count). The number of aromatic nitrogens is 2. The summed E-state index contributed by atoms with van der Waals surface area (Å²) in [6, 6.07) is 6.77. The van der Waals surface area contributed by atoms with Crippen molar-refractivity contribution in [1.29, 1.82) is 0 Å². The number of carboxylic acid groups (broad SMARTS) is 1. The van der Waals surface area contributed by atoms with Gasteiger partial charge in [-0.25, -0.2) is 18.0 Å². The number of anilines is 1. The normalized spacial score (nSPS) is 11.1. The summed E-state index contributed by atoms with van der Waals surface area (Å²) in [5.41, 5.74) is 2.74. The van der Waals surface area contributed by atoms with Gasteiger partial charge in [0.05, 0.1) is 21.4 Å². The van der Waals surface area contributed by atoms with Crippen LogP contribution >= 0.6 is 11.6 Å². The summed E-state index contributed by atoms with van der Waals surface area (Å²) in [5, 5.41) is 9.15. The minimum atomic E-state index is -4.61. The van der Waals surface area contributed by atoms with E-state index in [9.17, 15) is 22.8 Å². The number of hydrogen-bond donors (Lipinski definition) is 3. The molecule has 0 spiro atoms. The van der Waals surface area contributed by atoms with Gasteiger partial charge in [-0.1, -0.05) is 11.6 Å². The molecule has 0 bridgehead atoms. The third-order valence-corrected chi connectivity index (χ3v) is 5.51. The van der Waals surface area contributed by atoms with Crippen molar-refractivity contribution in [3.63, 3.8) is 0 Å². The zero-order valence-corrected chi connectivity index (χ0v) is 17.3. The van der Waals surface area contributed by atoms with Gasteiger partial charge < -0.3 is 15.8 Å². The first kappa shape index (κ1) is 21.2. The van der Waals surface area contributed by atoms with Gasteiger partial charge in [0.2, 0.25) is 0 Å². The SMILES string of the molecule is Nc1cc(S(=O)(=O)n2c(=O)[nH]c3cc(Cl)ccc3c2=O)ccc1C(=O)O.[Na]. The Morgan fingerprint density at radius 2 is 1.81 bits per heavy atom. The molecular weight excluding hydrogens is 409 g/mol. The summed E-state index contributed by atoms with van der Waals surface area (Å²) in [7, 11) is -4.61. The number of nitrogens with zero attached hydrogens (tertiary/aromatic N) is 1. The van der Waals surface area contributed by atoms with Crippen LogP contribution < -0.4 is 17.0 Å². The van der Waals surface area contributed by atoms with E-state index in [1.165, 1.54) is 18.2 Å². The van der Waals surface area contributed by atoms with E-state index in [-0.39, 0.29) is 60.7 Å². The third-order valence-electron chi connectivity index (χ3n) is 3.61.